The first-order chi connectivity index (χ1) is 7.35. The van der Waals surface area contributed by atoms with Crippen molar-refractivity contribution in [1.82, 2.24) is 9.97 Å². The predicted octanol–water partition coefficient (Wildman–Crippen LogP) is 2.22. The van der Waals surface area contributed by atoms with Crippen LogP contribution in [0.5, 0.6) is 5.75 Å². The standard InChI is InChI=1S/C11H12N2O2/c1-2-15-11-6-9(13-10(11)7-14)8-4-3-5-12-8/h3-7,12-13H,2H2,1H3. The Labute approximate surface area is 87.3 Å². The van der Waals surface area contributed by atoms with Gasteiger partial charge in [0, 0.05) is 12.3 Å². The molecular formula is C11H12N2O2. The summed E-state index contributed by atoms with van der Waals surface area (Å²) in [5.74, 6) is 0.595. The van der Waals surface area contributed by atoms with Gasteiger partial charge in [-0.15, -0.1) is 0 Å². The maximum atomic E-state index is 10.8. The second-order valence-electron chi connectivity index (χ2n) is 3.10. The van der Waals surface area contributed by atoms with Crippen LogP contribution in [0.2, 0.25) is 0 Å². The SMILES string of the molecule is CCOc1cc(-c2ccc[nH]2)[nH]c1C=O. The van der Waals surface area contributed by atoms with Crippen molar-refractivity contribution in [2.75, 3.05) is 6.61 Å². The summed E-state index contributed by atoms with van der Waals surface area (Å²) in [4.78, 5) is 16.8. The zero-order valence-electron chi connectivity index (χ0n) is 8.41. The average molecular weight is 204 g/mol. The molecule has 0 spiro atoms. The normalized spacial score (nSPS) is 10.2. The lowest BCUT2D eigenvalue weighted by Crippen LogP contribution is -1.92. The molecule has 0 saturated heterocycles. The highest BCUT2D eigenvalue weighted by molar-refractivity contribution is 5.79. The second kappa shape index (κ2) is 4.04. The number of carbonyl (C=O) groups is 1. The highest BCUT2D eigenvalue weighted by Crippen LogP contribution is 2.25. The zero-order chi connectivity index (χ0) is 10.7. The Kier molecular flexibility index (Phi) is 2.58. The van der Waals surface area contributed by atoms with Gasteiger partial charge in [-0.05, 0) is 19.1 Å². The summed E-state index contributed by atoms with van der Waals surface area (Å²) >= 11 is 0. The van der Waals surface area contributed by atoms with Crippen molar-refractivity contribution in [3.63, 3.8) is 0 Å². The van der Waals surface area contributed by atoms with Gasteiger partial charge in [0.2, 0.25) is 0 Å². The van der Waals surface area contributed by atoms with E-state index in [4.69, 9.17) is 4.74 Å². The molecule has 2 aromatic heterocycles. The second-order valence-corrected chi connectivity index (χ2v) is 3.10. The molecule has 2 aromatic rings. The summed E-state index contributed by atoms with van der Waals surface area (Å²) in [6.07, 6.45) is 2.59. The summed E-state index contributed by atoms with van der Waals surface area (Å²) < 4.78 is 5.33. The van der Waals surface area contributed by atoms with E-state index >= 15 is 0 Å². The highest BCUT2D eigenvalue weighted by Gasteiger charge is 2.09. The van der Waals surface area contributed by atoms with Gasteiger partial charge in [-0.25, -0.2) is 0 Å². The maximum Gasteiger partial charge on any atom is 0.170 e. The van der Waals surface area contributed by atoms with Crippen molar-refractivity contribution < 1.29 is 9.53 Å². The largest absolute Gasteiger partial charge is 0.491 e. The van der Waals surface area contributed by atoms with Crippen molar-refractivity contribution in [2.24, 2.45) is 0 Å². The Balaban J connectivity index is 2.38. The third kappa shape index (κ3) is 1.79. The number of carbonyl (C=O) groups excluding carboxylic acids is 1. The van der Waals surface area contributed by atoms with Crippen LogP contribution < -0.4 is 4.74 Å². The molecule has 4 nitrogen and oxygen atoms in total. The maximum absolute atomic E-state index is 10.8. The number of aromatic nitrogens is 2. The molecule has 0 atom stereocenters. The first-order valence-corrected chi connectivity index (χ1v) is 4.80. The first-order valence-electron chi connectivity index (χ1n) is 4.80. The van der Waals surface area contributed by atoms with Crippen molar-refractivity contribution >= 4 is 6.29 Å². The van der Waals surface area contributed by atoms with Crippen LogP contribution in [0.4, 0.5) is 0 Å². The van der Waals surface area contributed by atoms with E-state index in [1.54, 1.807) is 0 Å². The third-order valence-electron chi connectivity index (χ3n) is 2.12. The molecule has 0 radical (unpaired) electrons. The molecule has 0 aromatic carbocycles. The molecule has 0 unspecified atom stereocenters. The molecule has 0 saturated carbocycles. The van der Waals surface area contributed by atoms with Gasteiger partial charge in [0.25, 0.3) is 0 Å². The van der Waals surface area contributed by atoms with Crippen LogP contribution in [-0.4, -0.2) is 22.9 Å². The van der Waals surface area contributed by atoms with Crippen molar-refractivity contribution in [3.05, 3.63) is 30.1 Å². The summed E-state index contributed by atoms with van der Waals surface area (Å²) in [6.45, 7) is 2.43. The number of aldehydes is 1. The Morgan fingerprint density at radius 2 is 2.33 bits per heavy atom. The van der Waals surface area contributed by atoms with Crippen LogP contribution in [0.1, 0.15) is 17.4 Å². The van der Waals surface area contributed by atoms with Crippen molar-refractivity contribution in [1.29, 1.82) is 0 Å². The third-order valence-corrected chi connectivity index (χ3v) is 2.12. The molecule has 2 rings (SSSR count). The number of ether oxygens (including phenoxy) is 1. The van der Waals surface area contributed by atoms with Gasteiger partial charge in [-0.2, -0.15) is 0 Å². The van der Waals surface area contributed by atoms with Gasteiger partial charge in [0.15, 0.2) is 6.29 Å². The minimum atomic E-state index is 0.474. The fourth-order valence-electron chi connectivity index (χ4n) is 1.46. The van der Waals surface area contributed by atoms with E-state index in [1.807, 2.05) is 31.3 Å². The van der Waals surface area contributed by atoms with Gasteiger partial charge in [-0.1, -0.05) is 0 Å². The van der Waals surface area contributed by atoms with Crippen LogP contribution in [0.3, 0.4) is 0 Å². The van der Waals surface area contributed by atoms with E-state index in [1.165, 1.54) is 0 Å². The van der Waals surface area contributed by atoms with E-state index in [9.17, 15) is 4.79 Å². The van der Waals surface area contributed by atoms with Crippen molar-refractivity contribution in [3.8, 4) is 17.1 Å². The zero-order valence-corrected chi connectivity index (χ0v) is 8.41. The fraction of sp³-hybridized carbons (Fsp3) is 0.182. The van der Waals surface area contributed by atoms with Gasteiger partial charge in [0.05, 0.1) is 18.0 Å². The quantitative estimate of drug-likeness (QED) is 0.750. The van der Waals surface area contributed by atoms with Crippen LogP contribution in [-0.2, 0) is 0 Å². The molecule has 0 aliphatic heterocycles. The Bertz CT molecular complexity index is 443. The highest BCUT2D eigenvalue weighted by atomic mass is 16.5. The van der Waals surface area contributed by atoms with Gasteiger partial charge in [0.1, 0.15) is 11.4 Å². The lowest BCUT2D eigenvalue weighted by molar-refractivity contribution is 0.111. The minimum Gasteiger partial charge on any atom is -0.491 e. The lowest BCUT2D eigenvalue weighted by Gasteiger charge is -1.97. The molecule has 2 N–H and O–H groups in total. The van der Waals surface area contributed by atoms with Gasteiger partial charge >= 0.3 is 0 Å². The van der Waals surface area contributed by atoms with Gasteiger partial charge in [-0.3, -0.25) is 4.79 Å². The number of nitrogens with one attached hydrogen (secondary N) is 2. The molecule has 0 bridgehead atoms. The van der Waals surface area contributed by atoms with Gasteiger partial charge < -0.3 is 14.7 Å². The lowest BCUT2D eigenvalue weighted by atomic mass is 10.3. The smallest absolute Gasteiger partial charge is 0.170 e. The molecule has 2 heterocycles. The van der Waals surface area contributed by atoms with Crippen LogP contribution in [0, 0.1) is 0 Å². The number of H-pyrrole nitrogens is 2. The van der Waals surface area contributed by atoms with Crippen LogP contribution >= 0.6 is 0 Å². The summed E-state index contributed by atoms with van der Waals surface area (Å²) in [5.41, 5.74) is 2.26. The molecule has 4 heteroatoms. The van der Waals surface area contributed by atoms with E-state index in [2.05, 4.69) is 9.97 Å². The summed E-state index contributed by atoms with van der Waals surface area (Å²) in [7, 11) is 0. The number of aromatic amines is 2. The molecule has 78 valence electrons. The predicted molar refractivity (Wildman–Crippen MR) is 57.1 cm³/mol. The topological polar surface area (TPSA) is 57.9 Å². The fourth-order valence-corrected chi connectivity index (χ4v) is 1.46. The van der Waals surface area contributed by atoms with Crippen LogP contribution in [0.15, 0.2) is 24.4 Å². The molecule has 0 aliphatic rings. The van der Waals surface area contributed by atoms with Crippen LogP contribution in [0.25, 0.3) is 11.4 Å². The van der Waals surface area contributed by atoms with E-state index in [0.717, 1.165) is 17.7 Å². The Morgan fingerprint density at radius 1 is 1.47 bits per heavy atom. The first kappa shape index (κ1) is 9.58. The number of hydrogen-bond donors (Lipinski definition) is 2. The summed E-state index contributed by atoms with van der Waals surface area (Å²) in [6, 6.07) is 5.65. The van der Waals surface area contributed by atoms with Crippen molar-refractivity contribution in [2.45, 2.75) is 6.92 Å². The van der Waals surface area contributed by atoms with E-state index in [0.29, 0.717) is 18.1 Å². The summed E-state index contributed by atoms with van der Waals surface area (Å²) in [5, 5.41) is 0. The minimum absolute atomic E-state index is 0.474. The molecular weight excluding hydrogens is 192 g/mol. The molecule has 0 aliphatic carbocycles. The van der Waals surface area contributed by atoms with E-state index < -0.39 is 0 Å². The Morgan fingerprint density at radius 3 is 2.93 bits per heavy atom. The number of rotatable bonds is 4. The molecule has 0 amide bonds. The average Bonchev–Trinajstić information content (AvgIpc) is 2.84. The molecule has 0 fully saturated rings. The monoisotopic (exact) mass is 204 g/mol. The Hall–Kier alpha value is -1.97. The number of hydrogen-bond acceptors (Lipinski definition) is 2. The van der Waals surface area contributed by atoms with E-state index in [-0.39, 0.29) is 0 Å². The molecule has 15 heavy (non-hydrogen) atoms.